The van der Waals surface area contributed by atoms with Crippen LogP contribution in [0.3, 0.4) is 0 Å². The summed E-state index contributed by atoms with van der Waals surface area (Å²) in [6, 6.07) is 13.5. The molecule has 4 fully saturated rings. The van der Waals surface area contributed by atoms with Gasteiger partial charge in [0.25, 0.3) is 5.91 Å². The van der Waals surface area contributed by atoms with Crippen molar-refractivity contribution in [1.29, 1.82) is 5.26 Å². The van der Waals surface area contributed by atoms with Gasteiger partial charge in [0, 0.05) is 78.2 Å². The number of halogens is 4. The number of likely N-dealkylation sites (tertiary alicyclic amines) is 1. The number of nitriles is 1. The van der Waals surface area contributed by atoms with Gasteiger partial charge in [-0.3, -0.25) is 34.3 Å². The summed E-state index contributed by atoms with van der Waals surface area (Å²) in [7, 11) is 1.70. The number of aryl methyl sites for hydroxylation is 1. The molecule has 11 nitrogen and oxygen atoms in total. The maximum atomic E-state index is 16.5. The summed E-state index contributed by atoms with van der Waals surface area (Å²) in [5, 5.41) is 11.8. The highest BCUT2D eigenvalue weighted by Crippen LogP contribution is 2.48. The molecular formula is C50H59F4N7O4. The summed E-state index contributed by atoms with van der Waals surface area (Å²) in [6.45, 7) is 12.4. The second-order valence-corrected chi connectivity index (χ2v) is 19.7. The first kappa shape index (κ1) is 46.2. The molecule has 65 heavy (non-hydrogen) atoms. The van der Waals surface area contributed by atoms with E-state index >= 15 is 4.39 Å². The lowest BCUT2D eigenvalue weighted by atomic mass is 9.69. The van der Waals surface area contributed by atoms with Crippen LogP contribution in [0.5, 0.6) is 0 Å². The molecule has 5 aliphatic rings. The van der Waals surface area contributed by atoms with E-state index in [0.29, 0.717) is 80.3 Å². The molecule has 3 amide bonds. The van der Waals surface area contributed by atoms with Crippen LogP contribution in [-0.4, -0.2) is 91.7 Å². The zero-order valence-electron chi connectivity index (χ0n) is 38.0. The van der Waals surface area contributed by atoms with E-state index in [2.05, 4.69) is 35.0 Å². The van der Waals surface area contributed by atoms with E-state index in [4.69, 9.17) is 0 Å². The van der Waals surface area contributed by atoms with Gasteiger partial charge in [-0.2, -0.15) is 18.4 Å². The highest BCUT2D eigenvalue weighted by Gasteiger charge is 2.49. The van der Waals surface area contributed by atoms with Crippen molar-refractivity contribution in [3.05, 3.63) is 87.2 Å². The number of amides is 3. The number of anilines is 3. The Morgan fingerprint density at radius 2 is 1.69 bits per heavy atom. The molecule has 0 saturated carbocycles. The lowest BCUT2D eigenvalue weighted by molar-refractivity contribution is -0.139. The number of fused-ring (bicyclic) bond motifs is 1. The molecule has 0 radical (unpaired) electrons. The minimum atomic E-state index is -4.64. The number of nitrogens with one attached hydrogen (secondary N) is 1. The average Bonchev–Trinajstić information content (AvgIpc) is 3.60. The predicted molar refractivity (Wildman–Crippen MR) is 240 cm³/mol. The van der Waals surface area contributed by atoms with Gasteiger partial charge in [0.15, 0.2) is 12.1 Å². The molecule has 2 atom stereocenters. The number of benzene rings is 3. The Morgan fingerprint density at radius 3 is 2.32 bits per heavy atom. The van der Waals surface area contributed by atoms with Crippen molar-refractivity contribution in [3.8, 4) is 6.07 Å². The topological polar surface area (TPSA) is 120 Å². The molecule has 15 heteroatoms. The molecule has 1 spiro atoms. The third-order valence-electron chi connectivity index (χ3n) is 15.5. The van der Waals surface area contributed by atoms with Gasteiger partial charge in [0.05, 0.1) is 35.8 Å². The summed E-state index contributed by atoms with van der Waals surface area (Å²) in [6.07, 6.45) is 1.21. The SMILES string of the molecule is CCC(C#N)Cc1cccc(N2Cc3c(cc(N4CC5(CCN(C(C)(C)C6CCN(c7cc(C)c(C=O)c(CN(C)C8CCC(=O)NC8=O)c7F)CC6)CC5)C4)cc3C(F)(F)F)C2=O)c1. The lowest BCUT2D eigenvalue weighted by Gasteiger charge is -2.58. The number of piperidine rings is 3. The van der Waals surface area contributed by atoms with E-state index in [0.717, 1.165) is 44.3 Å². The molecule has 5 heterocycles. The summed E-state index contributed by atoms with van der Waals surface area (Å²) >= 11 is 0. The van der Waals surface area contributed by atoms with Crippen molar-refractivity contribution in [1.82, 2.24) is 15.1 Å². The van der Waals surface area contributed by atoms with E-state index < -0.39 is 35.4 Å². The molecule has 8 rings (SSSR count). The number of carbonyl (C=O) groups excluding carboxylic acids is 4. The zero-order valence-corrected chi connectivity index (χ0v) is 38.0. The molecule has 3 aromatic carbocycles. The molecular weight excluding hydrogens is 839 g/mol. The Bertz CT molecular complexity index is 2410. The van der Waals surface area contributed by atoms with Gasteiger partial charge in [-0.25, -0.2) is 4.39 Å². The Morgan fingerprint density at radius 1 is 0.985 bits per heavy atom. The number of nitrogens with zero attached hydrogens (tertiary/aromatic N) is 6. The van der Waals surface area contributed by atoms with Gasteiger partial charge in [0.2, 0.25) is 11.8 Å². The number of carbonyl (C=O) groups is 4. The summed E-state index contributed by atoms with van der Waals surface area (Å²) in [4.78, 5) is 60.0. The van der Waals surface area contributed by atoms with Crippen LogP contribution in [0.2, 0.25) is 0 Å². The maximum absolute atomic E-state index is 16.5. The van der Waals surface area contributed by atoms with Crippen molar-refractivity contribution in [2.24, 2.45) is 17.3 Å². The van der Waals surface area contributed by atoms with Crippen LogP contribution >= 0.6 is 0 Å². The minimum Gasteiger partial charge on any atom is -0.370 e. The molecule has 346 valence electrons. The van der Waals surface area contributed by atoms with E-state index in [-0.39, 0.29) is 64.5 Å². The van der Waals surface area contributed by atoms with Crippen molar-refractivity contribution < 1.29 is 36.7 Å². The number of alkyl halides is 3. The largest absolute Gasteiger partial charge is 0.416 e. The van der Waals surface area contributed by atoms with Crippen molar-refractivity contribution >= 4 is 41.1 Å². The first-order valence-corrected chi connectivity index (χ1v) is 23.0. The van der Waals surface area contributed by atoms with Crippen molar-refractivity contribution in [3.63, 3.8) is 0 Å². The van der Waals surface area contributed by atoms with Crippen LogP contribution in [0.25, 0.3) is 0 Å². The van der Waals surface area contributed by atoms with E-state index in [1.54, 1.807) is 49.2 Å². The molecule has 0 aliphatic carbocycles. The Labute approximate surface area is 378 Å². The van der Waals surface area contributed by atoms with Crippen molar-refractivity contribution in [2.75, 3.05) is 61.0 Å². The van der Waals surface area contributed by atoms with Gasteiger partial charge >= 0.3 is 6.18 Å². The average molecular weight is 898 g/mol. The second-order valence-electron chi connectivity index (χ2n) is 19.7. The highest BCUT2D eigenvalue weighted by molar-refractivity contribution is 6.11. The molecule has 4 saturated heterocycles. The van der Waals surface area contributed by atoms with Crippen molar-refractivity contribution in [2.45, 2.75) is 110 Å². The fourth-order valence-electron chi connectivity index (χ4n) is 11.2. The molecule has 3 aromatic rings. The molecule has 0 bridgehead atoms. The number of rotatable bonds is 12. The smallest absolute Gasteiger partial charge is 0.370 e. The fourth-order valence-corrected chi connectivity index (χ4v) is 11.2. The third kappa shape index (κ3) is 8.88. The fraction of sp³-hybridized carbons (Fsp3) is 0.540. The third-order valence-corrected chi connectivity index (χ3v) is 15.5. The molecule has 1 N–H and O–H groups in total. The Hall–Kier alpha value is -5.33. The maximum Gasteiger partial charge on any atom is 0.416 e. The normalized spacial score (nSPS) is 21.1. The molecule has 2 unspecified atom stereocenters. The second kappa shape index (κ2) is 17.8. The van der Waals surface area contributed by atoms with Crippen LogP contribution in [0, 0.1) is 41.3 Å². The van der Waals surface area contributed by atoms with E-state index in [1.165, 1.54) is 11.0 Å². The number of likely N-dealkylation sites (N-methyl/N-ethyl adjacent to an activating group) is 1. The predicted octanol–water partition coefficient (Wildman–Crippen LogP) is 8.05. The van der Waals surface area contributed by atoms with E-state index in [9.17, 15) is 37.6 Å². The Kier molecular flexibility index (Phi) is 12.7. The minimum absolute atomic E-state index is 0.00704. The van der Waals surface area contributed by atoms with Crippen LogP contribution in [-0.2, 0) is 35.3 Å². The number of imide groups is 1. The van der Waals surface area contributed by atoms with Crippen LogP contribution in [0.4, 0.5) is 34.6 Å². The number of aldehydes is 1. The van der Waals surface area contributed by atoms with Gasteiger partial charge in [0.1, 0.15) is 0 Å². The van der Waals surface area contributed by atoms with Gasteiger partial charge in [-0.05, 0) is 139 Å². The summed E-state index contributed by atoms with van der Waals surface area (Å²) in [5.41, 5.74) is 2.55. The lowest BCUT2D eigenvalue weighted by Crippen LogP contribution is -2.63. The van der Waals surface area contributed by atoms with Gasteiger partial charge in [-0.15, -0.1) is 0 Å². The number of hydrogen-bond donors (Lipinski definition) is 1. The standard InChI is InChI=1S/C50H59F4N7O4/c1-6-32(25-55)21-33-8-7-9-35(22-33)61-27-38-37(47(61)65)23-36(24-41(38)50(52,53)54)59-29-49(30-59)14-18-60(19-15-49)48(3,4)34-12-16-58(17-13-34)43-20-31(2)40(28-62)39(45(43)51)26-57(5)42-10-11-44(63)56-46(42)64/h7-9,20,22-24,28,32,34,42H,6,10-19,21,26-27,29-30H2,1-5H3,(H,56,63,64). The van der Waals surface area contributed by atoms with Gasteiger partial charge in [-0.1, -0.05) is 19.1 Å². The molecule has 0 aromatic heterocycles. The van der Waals surface area contributed by atoms with Crippen LogP contribution in [0.15, 0.2) is 42.5 Å². The monoisotopic (exact) mass is 897 g/mol. The summed E-state index contributed by atoms with van der Waals surface area (Å²) < 4.78 is 60.5. The van der Waals surface area contributed by atoms with Crippen LogP contribution in [0.1, 0.15) is 114 Å². The number of hydrogen-bond acceptors (Lipinski definition) is 9. The Balaban J connectivity index is 0.891. The highest BCUT2D eigenvalue weighted by atomic mass is 19.4. The summed E-state index contributed by atoms with van der Waals surface area (Å²) in [5.74, 6) is -1.53. The zero-order chi connectivity index (χ0) is 46.6. The first-order valence-electron chi connectivity index (χ1n) is 23.0. The molecule has 5 aliphatic heterocycles. The quantitative estimate of drug-likeness (QED) is 0.109. The van der Waals surface area contributed by atoms with E-state index in [1.807, 2.05) is 17.9 Å². The van der Waals surface area contributed by atoms with Crippen LogP contribution < -0.4 is 20.0 Å². The van der Waals surface area contributed by atoms with Gasteiger partial charge < -0.3 is 14.7 Å². The first-order chi connectivity index (χ1) is 30.9.